The Bertz CT molecular complexity index is 597. The topological polar surface area (TPSA) is 43.1 Å². The number of rotatable bonds is 0. The third-order valence-corrected chi connectivity index (χ3v) is 4.35. The van der Waals surface area contributed by atoms with Crippen LogP contribution in [-0.2, 0) is 12.8 Å². The summed E-state index contributed by atoms with van der Waals surface area (Å²) in [7, 11) is 0. The van der Waals surface area contributed by atoms with E-state index in [0.717, 1.165) is 18.4 Å². The molecule has 0 bridgehead atoms. The van der Waals surface area contributed by atoms with Crippen LogP contribution in [0.2, 0.25) is 0 Å². The SMILES string of the molecule is Cc1nc2c3c(sc2c(=O)o1)CCCCC3. The molecule has 0 unspecified atom stereocenters. The van der Waals surface area contributed by atoms with Crippen molar-refractivity contribution in [3.05, 3.63) is 26.8 Å². The van der Waals surface area contributed by atoms with Gasteiger partial charge in [0.15, 0.2) is 5.89 Å². The van der Waals surface area contributed by atoms with Crippen molar-refractivity contribution in [3.63, 3.8) is 0 Å². The van der Waals surface area contributed by atoms with Crippen molar-refractivity contribution in [3.8, 4) is 0 Å². The minimum Gasteiger partial charge on any atom is -0.408 e. The summed E-state index contributed by atoms with van der Waals surface area (Å²) in [5, 5.41) is 0. The van der Waals surface area contributed by atoms with Gasteiger partial charge in [-0.05, 0) is 31.2 Å². The molecule has 3 rings (SSSR count). The molecular formula is C12H13NO2S. The Morgan fingerprint density at radius 2 is 2.06 bits per heavy atom. The summed E-state index contributed by atoms with van der Waals surface area (Å²) in [4.78, 5) is 17.4. The second-order valence-electron chi connectivity index (χ2n) is 4.26. The highest BCUT2D eigenvalue weighted by Crippen LogP contribution is 2.32. The molecule has 84 valence electrons. The Hall–Kier alpha value is -1.16. The van der Waals surface area contributed by atoms with Crippen molar-refractivity contribution in [1.82, 2.24) is 4.98 Å². The van der Waals surface area contributed by atoms with E-state index in [9.17, 15) is 4.79 Å². The molecule has 1 aliphatic rings. The lowest BCUT2D eigenvalue weighted by molar-refractivity contribution is 0.468. The molecule has 0 saturated heterocycles. The normalized spacial score (nSPS) is 16.1. The molecule has 0 aromatic carbocycles. The molecule has 0 radical (unpaired) electrons. The number of fused-ring (bicyclic) bond motifs is 3. The molecule has 0 N–H and O–H groups in total. The van der Waals surface area contributed by atoms with Gasteiger partial charge in [-0.3, -0.25) is 0 Å². The highest BCUT2D eigenvalue weighted by atomic mass is 32.1. The van der Waals surface area contributed by atoms with Gasteiger partial charge < -0.3 is 4.42 Å². The first kappa shape index (κ1) is 10.0. The maximum Gasteiger partial charge on any atom is 0.357 e. The van der Waals surface area contributed by atoms with Crippen LogP contribution in [0.15, 0.2) is 9.21 Å². The van der Waals surface area contributed by atoms with Crippen LogP contribution in [0.3, 0.4) is 0 Å². The third-order valence-electron chi connectivity index (χ3n) is 3.09. The summed E-state index contributed by atoms with van der Waals surface area (Å²) in [6.07, 6.45) is 5.87. The molecule has 16 heavy (non-hydrogen) atoms. The van der Waals surface area contributed by atoms with Gasteiger partial charge in [-0.1, -0.05) is 6.42 Å². The van der Waals surface area contributed by atoms with Gasteiger partial charge in [-0.25, -0.2) is 9.78 Å². The van der Waals surface area contributed by atoms with E-state index in [4.69, 9.17) is 4.42 Å². The van der Waals surface area contributed by atoms with E-state index in [1.807, 2.05) is 0 Å². The van der Waals surface area contributed by atoms with Crippen LogP contribution in [0.25, 0.3) is 10.2 Å². The fourth-order valence-electron chi connectivity index (χ4n) is 2.34. The van der Waals surface area contributed by atoms with Crippen molar-refractivity contribution in [2.24, 2.45) is 0 Å². The second kappa shape index (κ2) is 3.70. The molecule has 2 heterocycles. The van der Waals surface area contributed by atoms with Crippen LogP contribution in [-0.4, -0.2) is 4.98 Å². The molecule has 0 spiro atoms. The minimum absolute atomic E-state index is 0.222. The maximum atomic E-state index is 11.7. The molecule has 0 fully saturated rings. The monoisotopic (exact) mass is 235 g/mol. The van der Waals surface area contributed by atoms with Gasteiger partial charge in [0.05, 0.1) is 5.52 Å². The molecule has 0 saturated carbocycles. The van der Waals surface area contributed by atoms with Crippen LogP contribution in [0.1, 0.15) is 35.6 Å². The van der Waals surface area contributed by atoms with Gasteiger partial charge in [0, 0.05) is 11.8 Å². The largest absolute Gasteiger partial charge is 0.408 e. The van der Waals surface area contributed by atoms with Crippen LogP contribution in [0.4, 0.5) is 0 Å². The van der Waals surface area contributed by atoms with Crippen molar-refractivity contribution in [2.45, 2.75) is 39.0 Å². The van der Waals surface area contributed by atoms with Crippen LogP contribution < -0.4 is 5.63 Å². The van der Waals surface area contributed by atoms with Gasteiger partial charge in [-0.2, -0.15) is 0 Å². The average Bonchev–Trinajstić information content (AvgIpc) is 2.46. The van der Waals surface area contributed by atoms with Gasteiger partial charge in [-0.15, -0.1) is 11.3 Å². The van der Waals surface area contributed by atoms with E-state index < -0.39 is 0 Å². The van der Waals surface area contributed by atoms with Gasteiger partial charge in [0.1, 0.15) is 4.70 Å². The van der Waals surface area contributed by atoms with Gasteiger partial charge >= 0.3 is 5.63 Å². The highest BCUT2D eigenvalue weighted by Gasteiger charge is 2.18. The van der Waals surface area contributed by atoms with Crippen LogP contribution in [0.5, 0.6) is 0 Å². The van der Waals surface area contributed by atoms with E-state index in [2.05, 4.69) is 4.98 Å². The summed E-state index contributed by atoms with van der Waals surface area (Å²) in [6, 6.07) is 0. The minimum atomic E-state index is -0.222. The number of aryl methyl sites for hydroxylation is 3. The van der Waals surface area contributed by atoms with Crippen LogP contribution >= 0.6 is 11.3 Å². The fraction of sp³-hybridized carbons (Fsp3) is 0.500. The number of hydrogen-bond acceptors (Lipinski definition) is 4. The lowest BCUT2D eigenvalue weighted by atomic mass is 10.1. The summed E-state index contributed by atoms with van der Waals surface area (Å²) in [5.74, 6) is 0.474. The molecule has 2 aromatic heterocycles. The van der Waals surface area contributed by atoms with Crippen LogP contribution in [0, 0.1) is 6.92 Å². The zero-order valence-corrected chi connectivity index (χ0v) is 10.0. The Balaban J connectivity index is 2.34. The summed E-state index contributed by atoms with van der Waals surface area (Å²) >= 11 is 1.58. The highest BCUT2D eigenvalue weighted by molar-refractivity contribution is 7.19. The van der Waals surface area contributed by atoms with E-state index in [-0.39, 0.29) is 5.63 Å². The Morgan fingerprint density at radius 1 is 1.25 bits per heavy atom. The number of nitrogens with zero attached hydrogens (tertiary/aromatic N) is 1. The maximum absolute atomic E-state index is 11.7. The average molecular weight is 235 g/mol. The molecule has 3 nitrogen and oxygen atoms in total. The molecule has 0 amide bonds. The Kier molecular flexibility index (Phi) is 2.32. The zero-order valence-electron chi connectivity index (χ0n) is 9.21. The smallest absolute Gasteiger partial charge is 0.357 e. The van der Waals surface area contributed by atoms with Crippen molar-refractivity contribution in [2.75, 3.05) is 0 Å². The molecule has 2 aromatic rings. The first-order valence-corrected chi connectivity index (χ1v) is 6.49. The van der Waals surface area contributed by atoms with Gasteiger partial charge in [0.2, 0.25) is 0 Å². The third kappa shape index (κ3) is 1.48. The first-order chi connectivity index (χ1) is 7.75. The Morgan fingerprint density at radius 3 is 2.94 bits per heavy atom. The predicted molar refractivity (Wildman–Crippen MR) is 64.2 cm³/mol. The lowest BCUT2D eigenvalue weighted by Gasteiger charge is -1.97. The molecule has 0 aliphatic heterocycles. The number of aromatic nitrogens is 1. The molecular weight excluding hydrogens is 222 g/mol. The zero-order chi connectivity index (χ0) is 11.1. The molecule has 1 aliphatic carbocycles. The second-order valence-corrected chi connectivity index (χ2v) is 5.37. The Labute approximate surface area is 97.1 Å². The van der Waals surface area contributed by atoms with Crippen molar-refractivity contribution in [1.29, 1.82) is 0 Å². The van der Waals surface area contributed by atoms with E-state index in [1.165, 1.54) is 29.7 Å². The summed E-state index contributed by atoms with van der Waals surface area (Å²) in [6.45, 7) is 1.74. The molecule has 0 atom stereocenters. The number of thiophene rings is 1. The van der Waals surface area contributed by atoms with Gasteiger partial charge in [0.25, 0.3) is 0 Å². The number of hydrogen-bond donors (Lipinski definition) is 0. The standard InChI is InChI=1S/C12H13NO2S/c1-7-13-10-8-5-3-2-4-6-9(8)16-11(10)12(14)15-7/h2-6H2,1H3. The van der Waals surface area contributed by atoms with Crippen molar-refractivity contribution >= 4 is 21.6 Å². The quantitative estimate of drug-likeness (QED) is 0.659. The van der Waals surface area contributed by atoms with E-state index >= 15 is 0 Å². The van der Waals surface area contributed by atoms with E-state index in [0.29, 0.717) is 10.6 Å². The predicted octanol–water partition coefficient (Wildman–Crippen LogP) is 2.83. The summed E-state index contributed by atoms with van der Waals surface area (Å²) < 4.78 is 5.75. The molecule has 4 heteroatoms. The first-order valence-electron chi connectivity index (χ1n) is 5.67. The fourth-order valence-corrected chi connectivity index (χ4v) is 3.55. The van der Waals surface area contributed by atoms with E-state index in [1.54, 1.807) is 18.3 Å². The lowest BCUT2D eigenvalue weighted by Crippen LogP contribution is -2.01. The van der Waals surface area contributed by atoms with Crippen molar-refractivity contribution < 1.29 is 4.42 Å². The summed E-state index contributed by atoms with van der Waals surface area (Å²) in [5.41, 5.74) is 1.98.